The predicted octanol–water partition coefficient (Wildman–Crippen LogP) is 1.98. The maximum absolute atomic E-state index is 5.58. The first kappa shape index (κ1) is 9.93. The van der Waals surface area contributed by atoms with Crippen LogP contribution in [0.3, 0.4) is 0 Å². The van der Waals surface area contributed by atoms with Crippen molar-refractivity contribution in [3.63, 3.8) is 0 Å². The van der Waals surface area contributed by atoms with Crippen molar-refractivity contribution in [1.29, 1.82) is 0 Å². The molecular weight excluding hydrogens is 194 g/mol. The van der Waals surface area contributed by atoms with E-state index in [2.05, 4.69) is 16.8 Å². The van der Waals surface area contributed by atoms with Gasteiger partial charge < -0.3 is 10.6 Å². The topological polar surface area (TPSA) is 42.2 Å². The Morgan fingerprint density at radius 3 is 3.21 bits per heavy atom. The van der Waals surface area contributed by atoms with Gasteiger partial charge in [0.25, 0.3) is 0 Å². The Morgan fingerprint density at radius 1 is 1.71 bits per heavy atom. The summed E-state index contributed by atoms with van der Waals surface area (Å²) in [5.41, 5.74) is 5.58. The van der Waals surface area contributed by atoms with Gasteiger partial charge in [-0.1, -0.05) is 6.92 Å². The molecule has 14 heavy (non-hydrogen) atoms. The highest BCUT2D eigenvalue weighted by Crippen LogP contribution is 2.30. The molecule has 0 amide bonds. The van der Waals surface area contributed by atoms with Crippen LogP contribution in [0.15, 0.2) is 6.20 Å². The van der Waals surface area contributed by atoms with Gasteiger partial charge in [0, 0.05) is 30.2 Å². The highest BCUT2D eigenvalue weighted by molar-refractivity contribution is 7.15. The van der Waals surface area contributed by atoms with E-state index in [-0.39, 0.29) is 0 Å². The molecule has 2 N–H and O–H groups in total. The van der Waals surface area contributed by atoms with E-state index in [9.17, 15) is 0 Å². The summed E-state index contributed by atoms with van der Waals surface area (Å²) < 4.78 is 0. The summed E-state index contributed by atoms with van der Waals surface area (Å²) in [6.07, 6.45) is 5.74. The Balaban J connectivity index is 2.13. The van der Waals surface area contributed by atoms with Crippen LogP contribution in [0, 0.1) is 0 Å². The summed E-state index contributed by atoms with van der Waals surface area (Å²) in [5.74, 6) is 0. The maximum Gasteiger partial charge on any atom is 0.185 e. The lowest BCUT2D eigenvalue weighted by Crippen LogP contribution is -2.28. The van der Waals surface area contributed by atoms with Crippen LogP contribution in [0.25, 0.3) is 0 Å². The summed E-state index contributed by atoms with van der Waals surface area (Å²) in [6, 6.07) is 0.701. The molecule has 1 aromatic heterocycles. The lowest BCUT2D eigenvalue weighted by Gasteiger charge is -2.22. The second-order valence-electron chi connectivity index (χ2n) is 3.71. The van der Waals surface area contributed by atoms with Gasteiger partial charge >= 0.3 is 0 Å². The van der Waals surface area contributed by atoms with Gasteiger partial charge in [0.15, 0.2) is 5.13 Å². The van der Waals surface area contributed by atoms with E-state index in [0.717, 1.165) is 11.7 Å². The van der Waals surface area contributed by atoms with E-state index in [1.165, 1.54) is 24.1 Å². The quantitative estimate of drug-likeness (QED) is 0.831. The average Bonchev–Trinajstić information content (AvgIpc) is 2.85. The van der Waals surface area contributed by atoms with Crippen molar-refractivity contribution >= 4 is 16.5 Å². The van der Waals surface area contributed by atoms with Crippen molar-refractivity contribution in [2.24, 2.45) is 5.73 Å². The fourth-order valence-electron chi connectivity index (χ4n) is 2.04. The Labute approximate surface area is 88.9 Å². The van der Waals surface area contributed by atoms with Crippen molar-refractivity contribution in [1.82, 2.24) is 4.98 Å². The second-order valence-corrected chi connectivity index (χ2v) is 4.80. The van der Waals surface area contributed by atoms with Crippen LogP contribution in [-0.2, 0) is 6.54 Å². The van der Waals surface area contributed by atoms with Crippen molar-refractivity contribution in [2.45, 2.75) is 38.8 Å². The zero-order chi connectivity index (χ0) is 9.97. The van der Waals surface area contributed by atoms with Crippen LogP contribution in [0.1, 0.15) is 31.1 Å². The fourth-order valence-corrected chi connectivity index (χ4v) is 2.92. The van der Waals surface area contributed by atoms with Gasteiger partial charge in [-0.25, -0.2) is 4.98 Å². The zero-order valence-electron chi connectivity index (χ0n) is 8.57. The molecule has 1 fully saturated rings. The summed E-state index contributed by atoms with van der Waals surface area (Å²) in [7, 11) is 0. The van der Waals surface area contributed by atoms with E-state index in [1.54, 1.807) is 11.3 Å². The van der Waals surface area contributed by atoms with Gasteiger partial charge in [-0.3, -0.25) is 0 Å². The third-order valence-electron chi connectivity index (χ3n) is 2.84. The van der Waals surface area contributed by atoms with Crippen molar-refractivity contribution in [3.05, 3.63) is 11.1 Å². The normalized spacial score (nSPS) is 21.9. The molecule has 0 spiro atoms. The third-order valence-corrected chi connectivity index (χ3v) is 3.89. The monoisotopic (exact) mass is 211 g/mol. The number of hydrogen-bond acceptors (Lipinski definition) is 4. The number of thiazole rings is 1. The zero-order valence-corrected chi connectivity index (χ0v) is 9.39. The predicted molar refractivity (Wildman–Crippen MR) is 60.7 cm³/mol. The van der Waals surface area contributed by atoms with Gasteiger partial charge in [0.05, 0.1) is 0 Å². The molecular formula is C10H17N3S. The van der Waals surface area contributed by atoms with Gasteiger partial charge in [-0.2, -0.15) is 0 Å². The lowest BCUT2D eigenvalue weighted by molar-refractivity contribution is 0.644. The molecule has 4 heteroatoms. The van der Waals surface area contributed by atoms with Gasteiger partial charge in [-0.15, -0.1) is 11.3 Å². The minimum Gasteiger partial charge on any atom is -0.345 e. The maximum atomic E-state index is 5.58. The number of anilines is 1. The highest BCUT2D eigenvalue weighted by atomic mass is 32.1. The van der Waals surface area contributed by atoms with Crippen molar-refractivity contribution in [2.75, 3.05) is 11.4 Å². The lowest BCUT2D eigenvalue weighted by atomic mass is 10.2. The molecule has 0 aliphatic carbocycles. The molecule has 1 unspecified atom stereocenters. The Kier molecular flexibility index (Phi) is 3.03. The molecule has 2 heterocycles. The van der Waals surface area contributed by atoms with Crippen LogP contribution in [0.2, 0.25) is 0 Å². The van der Waals surface area contributed by atoms with E-state index < -0.39 is 0 Å². The highest BCUT2D eigenvalue weighted by Gasteiger charge is 2.24. The number of hydrogen-bond donors (Lipinski definition) is 1. The molecule has 78 valence electrons. The number of rotatable bonds is 3. The molecule has 0 aromatic carbocycles. The average molecular weight is 211 g/mol. The second kappa shape index (κ2) is 4.28. The molecule has 1 atom stereocenters. The first-order valence-electron chi connectivity index (χ1n) is 5.26. The molecule has 1 aliphatic heterocycles. The minimum absolute atomic E-state index is 0.613. The minimum atomic E-state index is 0.613. The smallest absolute Gasteiger partial charge is 0.185 e. The number of nitrogens with two attached hydrogens (primary N) is 1. The molecule has 2 rings (SSSR count). The summed E-state index contributed by atoms with van der Waals surface area (Å²) >= 11 is 1.74. The van der Waals surface area contributed by atoms with Crippen LogP contribution in [-0.4, -0.2) is 17.6 Å². The number of nitrogens with zero attached hydrogens (tertiary/aromatic N) is 2. The molecule has 1 aliphatic rings. The summed E-state index contributed by atoms with van der Waals surface area (Å²) in [6.45, 7) is 4.03. The van der Waals surface area contributed by atoms with E-state index >= 15 is 0 Å². The molecule has 3 nitrogen and oxygen atoms in total. The standard InChI is InChI=1S/C10H17N3S/c1-2-8-4-3-5-13(8)10-12-7-9(6-11)14-10/h7-8H,2-6,11H2,1H3. The van der Waals surface area contributed by atoms with E-state index in [1.807, 2.05) is 6.20 Å². The van der Waals surface area contributed by atoms with Crippen LogP contribution < -0.4 is 10.6 Å². The Hall–Kier alpha value is -0.610. The Bertz CT molecular complexity index is 297. The molecule has 0 bridgehead atoms. The summed E-state index contributed by atoms with van der Waals surface area (Å²) in [5, 5.41) is 1.16. The molecule has 0 radical (unpaired) electrons. The van der Waals surface area contributed by atoms with Gasteiger partial charge in [0.2, 0.25) is 0 Å². The first-order chi connectivity index (χ1) is 6.85. The van der Waals surface area contributed by atoms with Crippen molar-refractivity contribution < 1.29 is 0 Å². The summed E-state index contributed by atoms with van der Waals surface area (Å²) in [4.78, 5) is 8.05. The van der Waals surface area contributed by atoms with E-state index in [0.29, 0.717) is 12.6 Å². The van der Waals surface area contributed by atoms with Crippen LogP contribution >= 0.6 is 11.3 Å². The van der Waals surface area contributed by atoms with Gasteiger partial charge in [-0.05, 0) is 19.3 Å². The molecule has 1 saturated heterocycles. The van der Waals surface area contributed by atoms with E-state index in [4.69, 9.17) is 5.73 Å². The Morgan fingerprint density at radius 2 is 2.57 bits per heavy atom. The third kappa shape index (κ3) is 1.77. The van der Waals surface area contributed by atoms with Crippen molar-refractivity contribution in [3.8, 4) is 0 Å². The van der Waals surface area contributed by atoms with Gasteiger partial charge in [0.1, 0.15) is 0 Å². The number of aromatic nitrogens is 1. The molecule has 1 aromatic rings. The SMILES string of the molecule is CCC1CCCN1c1ncc(CN)s1. The van der Waals surface area contributed by atoms with Crippen LogP contribution in [0.4, 0.5) is 5.13 Å². The fraction of sp³-hybridized carbons (Fsp3) is 0.700. The largest absolute Gasteiger partial charge is 0.345 e. The molecule has 0 saturated carbocycles. The first-order valence-corrected chi connectivity index (χ1v) is 6.08. The van der Waals surface area contributed by atoms with Crippen LogP contribution in [0.5, 0.6) is 0 Å².